The molecule has 0 bridgehead atoms. The number of nitrogens with zero attached hydrogens (tertiary/aromatic N) is 1. The van der Waals surface area contributed by atoms with E-state index in [-0.39, 0.29) is 23.5 Å². The topological polar surface area (TPSA) is 49.8 Å². The number of carbonyl (C=O) groups is 1. The minimum absolute atomic E-state index is 0.0121. The smallest absolute Gasteiger partial charge is 0.377 e. The fourth-order valence-electron chi connectivity index (χ4n) is 7.80. The van der Waals surface area contributed by atoms with E-state index >= 15 is 0 Å². The minimum Gasteiger partial charge on any atom is -0.377 e. The normalized spacial score (nSPS) is 32.0. The van der Waals surface area contributed by atoms with Crippen LogP contribution in [0.5, 0.6) is 0 Å². The molecule has 2 saturated carbocycles. The molecule has 0 saturated heterocycles. The molecule has 7 heteroatoms. The zero-order valence-electron chi connectivity index (χ0n) is 24.1. The summed E-state index contributed by atoms with van der Waals surface area (Å²) < 4.78 is 44.6. The zero-order valence-corrected chi connectivity index (χ0v) is 24.1. The number of rotatable bonds is 4. The van der Waals surface area contributed by atoms with E-state index in [0.717, 1.165) is 36.8 Å². The lowest BCUT2D eigenvalue weighted by molar-refractivity contribution is -0.119. The molecule has 4 aliphatic rings. The van der Waals surface area contributed by atoms with Gasteiger partial charge in [0.15, 0.2) is 5.78 Å². The van der Waals surface area contributed by atoms with E-state index in [1.807, 2.05) is 32.1 Å². The van der Waals surface area contributed by atoms with Gasteiger partial charge in [-0.05, 0) is 99.1 Å². The van der Waals surface area contributed by atoms with Gasteiger partial charge in [0.25, 0.3) is 0 Å². The SMILES string of the molecule is COC(C)(C)C#C[C@]1(O)CC[C@H]2[C@@H]3CCC4=CC(=O)CCC4=C3[C@@H](c3ccc(N(C)CC(F)(F)F)cc3)C[C@@]21C. The first kappa shape index (κ1) is 29.0. The minimum atomic E-state index is -4.28. The molecule has 1 N–H and O–H groups in total. The number of ether oxygens (including phenoxy) is 1. The number of fused-ring (bicyclic) bond motifs is 4. The first-order valence-electron chi connectivity index (χ1n) is 14.3. The van der Waals surface area contributed by atoms with Crippen LogP contribution >= 0.6 is 0 Å². The Bertz CT molecular complexity index is 1300. The lowest BCUT2D eigenvalue weighted by Gasteiger charge is -2.53. The Morgan fingerprint density at radius 1 is 1.12 bits per heavy atom. The van der Waals surface area contributed by atoms with Crippen molar-refractivity contribution in [2.24, 2.45) is 17.3 Å². The second-order valence-electron chi connectivity index (χ2n) is 12.9. The number of alkyl halides is 3. The monoisotopic (exact) mass is 555 g/mol. The quantitative estimate of drug-likeness (QED) is 0.418. The van der Waals surface area contributed by atoms with Crippen LogP contribution in [0, 0.1) is 29.1 Å². The Hall–Kier alpha value is -2.56. The predicted octanol–water partition coefficient (Wildman–Crippen LogP) is 6.74. The van der Waals surface area contributed by atoms with Crippen LogP contribution in [0.4, 0.5) is 18.9 Å². The summed E-state index contributed by atoms with van der Waals surface area (Å²) in [6.07, 6.45) is 2.72. The summed E-state index contributed by atoms with van der Waals surface area (Å²) in [4.78, 5) is 13.5. The number of aliphatic hydroxyl groups is 1. The first-order chi connectivity index (χ1) is 18.7. The molecule has 0 unspecified atom stereocenters. The van der Waals surface area contributed by atoms with Gasteiger partial charge in [-0.3, -0.25) is 4.79 Å². The molecule has 2 fully saturated rings. The number of benzene rings is 1. The second kappa shape index (κ2) is 10.1. The van der Waals surface area contributed by atoms with Crippen molar-refractivity contribution in [2.45, 2.75) is 89.0 Å². The van der Waals surface area contributed by atoms with E-state index in [2.05, 4.69) is 18.8 Å². The number of methoxy groups -OCH3 is 1. The fraction of sp³-hybridized carbons (Fsp3) is 0.606. The van der Waals surface area contributed by atoms with Crippen molar-refractivity contribution in [3.8, 4) is 11.8 Å². The Kier molecular flexibility index (Phi) is 7.28. The summed E-state index contributed by atoms with van der Waals surface area (Å²) in [5, 5.41) is 12.1. The third-order valence-corrected chi connectivity index (χ3v) is 10.1. The van der Waals surface area contributed by atoms with Crippen molar-refractivity contribution in [1.29, 1.82) is 0 Å². The van der Waals surface area contributed by atoms with Crippen molar-refractivity contribution in [2.75, 3.05) is 25.6 Å². The predicted molar refractivity (Wildman–Crippen MR) is 150 cm³/mol. The van der Waals surface area contributed by atoms with Crippen molar-refractivity contribution < 1.29 is 27.8 Å². The van der Waals surface area contributed by atoms with Crippen LogP contribution in [0.15, 0.2) is 47.1 Å². The molecule has 0 amide bonds. The number of halogens is 3. The molecule has 5 atom stereocenters. The van der Waals surface area contributed by atoms with Gasteiger partial charge in [-0.1, -0.05) is 36.5 Å². The Morgan fingerprint density at radius 3 is 2.48 bits per heavy atom. The highest BCUT2D eigenvalue weighted by Crippen LogP contribution is 2.66. The highest BCUT2D eigenvalue weighted by atomic mass is 19.4. The molecule has 0 aliphatic heterocycles. The van der Waals surface area contributed by atoms with Gasteiger partial charge < -0.3 is 14.7 Å². The molecule has 0 radical (unpaired) electrons. The first-order valence-corrected chi connectivity index (χ1v) is 14.3. The maximum atomic E-state index is 13.0. The van der Waals surface area contributed by atoms with Crippen LogP contribution < -0.4 is 4.90 Å². The van der Waals surface area contributed by atoms with E-state index in [0.29, 0.717) is 24.9 Å². The summed E-state index contributed by atoms with van der Waals surface area (Å²) in [6.45, 7) is 4.94. The van der Waals surface area contributed by atoms with Crippen LogP contribution in [0.25, 0.3) is 0 Å². The molecule has 0 aromatic heterocycles. The van der Waals surface area contributed by atoms with Crippen molar-refractivity contribution in [1.82, 2.24) is 0 Å². The number of allylic oxidation sites excluding steroid dienone is 4. The van der Waals surface area contributed by atoms with Gasteiger partial charge in [0.2, 0.25) is 0 Å². The van der Waals surface area contributed by atoms with E-state index in [4.69, 9.17) is 4.74 Å². The van der Waals surface area contributed by atoms with Crippen molar-refractivity contribution >= 4 is 11.5 Å². The Morgan fingerprint density at radius 2 is 1.82 bits per heavy atom. The van der Waals surface area contributed by atoms with Crippen LogP contribution in [0.2, 0.25) is 0 Å². The number of ketones is 1. The molecule has 40 heavy (non-hydrogen) atoms. The van der Waals surface area contributed by atoms with Gasteiger partial charge in [0.05, 0.1) is 0 Å². The van der Waals surface area contributed by atoms with E-state index in [1.165, 1.54) is 23.1 Å². The molecular weight excluding hydrogens is 515 g/mol. The molecule has 1 aromatic carbocycles. The number of carbonyl (C=O) groups excluding carboxylic acids is 1. The lowest BCUT2D eigenvalue weighted by Crippen LogP contribution is -2.51. The largest absolute Gasteiger partial charge is 0.405 e. The average Bonchev–Trinajstić information content (AvgIpc) is 3.16. The number of anilines is 1. The number of hydrogen-bond donors (Lipinski definition) is 1. The van der Waals surface area contributed by atoms with Crippen LogP contribution in [-0.2, 0) is 9.53 Å². The third-order valence-electron chi connectivity index (χ3n) is 10.1. The van der Waals surface area contributed by atoms with Gasteiger partial charge in [0, 0.05) is 37.6 Å². The Labute approximate surface area is 235 Å². The molecular formula is C33H40F3NO3. The lowest BCUT2D eigenvalue weighted by atomic mass is 9.51. The molecule has 5 rings (SSSR count). The summed E-state index contributed by atoms with van der Waals surface area (Å²) in [7, 11) is 3.07. The van der Waals surface area contributed by atoms with E-state index in [9.17, 15) is 23.1 Å². The highest BCUT2D eigenvalue weighted by molar-refractivity contribution is 5.93. The average molecular weight is 556 g/mol. The van der Waals surface area contributed by atoms with Gasteiger partial charge in [0.1, 0.15) is 17.7 Å². The summed E-state index contributed by atoms with van der Waals surface area (Å²) >= 11 is 0. The molecule has 0 heterocycles. The summed E-state index contributed by atoms with van der Waals surface area (Å²) in [5.41, 5.74) is 3.03. The van der Waals surface area contributed by atoms with Gasteiger partial charge in [-0.25, -0.2) is 0 Å². The molecule has 4 nitrogen and oxygen atoms in total. The zero-order chi connectivity index (χ0) is 29.1. The maximum absolute atomic E-state index is 13.0. The third kappa shape index (κ3) is 5.14. The standard InChI is InChI=1S/C33H40F3NO3/c1-30(2,40-5)16-17-32(39)15-14-28-26-12-8-22-18-24(38)11-13-25(22)29(26)27(19-31(28,32)3)21-6-9-23(10-7-21)37(4)20-33(34,35)36/h6-7,9-10,18,26-28,39H,8,11-15,19-20H2,1-5H3/t26-,27+,28-,31-,32+/m0/s1. The fourth-order valence-corrected chi connectivity index (χ4v) is 7.80. The second-order valence-corrected chi connectivity index (χ2v) is 12.9. The molecule has 216 valence electrons. The van der Waals surface area contributed by atoms with Crippen molar-refractivity contribution in [3.63, 3.8) is 0 Å². The highest BCUT2D eigenvalue weighted by Gasteiger charge is 2.62. The van der Waals surface area contributed by atoms with Gasteiger partial charge >= 0.3 is 6.18 Å². The van der Waals surface area contributed by atoms with Crippen LogP contribution in [0.3, 0.4) is 0 Å². The summed E-state index contributed by atoms with van der Waals surface area (Å²) in [5.74, 6) is 7.14. The molecule has 0 spiro atoms. The van der Waals surface area contributed by atoms with Gasteiger partial charge in [-0.15, -0.1) is 0 Å². The number of hydrogen-bond acceptors (Lipinski definition) is 4. The Balaban J connectivity index is 1.59. The van der Waals surface area contributed by atoms with Crippen LogP contribution in [-0.4, -0.2) is 49.0 Å². The molecule has 1 aromatic rings. The van der Waals surface area contributed by atoms with Crippen LogP contribution in [0.1, 0.15) is 77.2 Å². The summed E-state index contributed by atoms with van der Waals surface area (Å²) in [6, 6.07) is 7.42. The van der Waals surface area contributed by atoms with E-state index in [1.54, 1.807) is 19.2 Å². The van der Waals surface area contributed by atoms with Crippen molar-refractivity contribution in [3.05, 3.63) is 52.6 Å². The maximum Gasteiger partial charge on any atom is 0.405 e. The molecule has 4 aliphatic carbocycles. The van der Waals surface area contributed by atoms with Gasteiger partial charge in [-0.2, -0.15) is 13.2 Å². The van der Waals surface area contributed by atoms with E-state index < -0.39 is 29.3 Å².